The van der Waals surface area contributed by atoms with E-state index in [1.165, 1.54) is 51.8 Å². The van der Waals surface area contributed by atoms with Crippen molar-refractivity contribution >= 4 is 24.5 Å². The number of aliphatic hydroxyl groups is 1. The molecule has 0 amide bonds. The van der Waals surface area contributed by atoms with Gasteiger partial charge in [0, 0.05) is 0 Å². The minimum absolute atomic E-state index is 0.376. The molecule has 0 spiro atoms. The zero-order valence-electron chi connectivity index (χ0n) is 17.3. The summed E-state index contributed by atoms with van der Waals surface area (Å²) in [6.07, 6.45) is 14.8. The first-order valence-corrected chi connectivity index (χ1v) is 18.4. The van der Waals surface area contributed by atoms with Crippen LogP contribution in [-0.4, -0.2) is 29.6 Å². The average molecular weight is 463 g/mol. The summed E-state index contributed by atoms with van der Waals surface area (Å²) in [4.78, 5) is 0. The summed E-state index contributed by atoms with van der Waals surface area (Å²) in [5, 5.41) is 10.3. The molecular weight excluding hydrogens is 423 g/mol. The van der Waals surface area contributed by atoms with E-state index in [9.17, 15) is 5.11 Å². The predicted molar refractivity (Wildman–Crippen MR) is 120 cm³/mol. The Balaban J connectivity index is 2.68. The molecule has 1 rings (SSSR count). The summed E-state index contributed by atoms with van der Waals surface area (Å²) in [7, 11) is 0. The normalized spacial score (nSPS) is 13.7. The molecule has 0 aromatic heterocycles. The third-order valence-electron chi connectivity index (χ3n) is 5.24. The average Bonchev–Trinajstić information content (AvgIpc) is 2.68. The van der Waals surface area contributed by atoms with Crippen molar-refractivity contribution in [3.05, 3.63) is 52.1 Å². The van der Waals surface area contributed by atoms with Crippen molar-refractivity contribution in [2.75, 3.05) is 0 Å². The molecule has 1 aromatic carbocycles. The molecule has 1 nitrogen and oxygen atoms in total. The van der Waals surface area contributed by atoms with E-state index in [-0.39, 0.29) is 6.10 Å². The van der Waals surface area contributed by atoms with Crippen LogP contribution in [0, 0.1) is 0 Å². The summed E-state index contributed by atoms with van der Waals surface area (Å²) in [6.45, 7) is 6.95. The quantitative estimate of drug-likeness (QED) is 0.285. The van der Waals surface area contributed by atoms with Crippen LogP contribution in [0.3, 0.4) is 0 Å². The number of unbranched alkanes of at least 4 members (excludes halogenated alkanes) is 3. The molecule has 0 aliphatic carbocycles. The fraction of sp³-hybridized carbons (Fsp3) is 0.583. The summed E-state index contributed by atoms with van der Waals surface area (Å²) in [5.74, 6) is 0. The standard InChI is InChI=1S/C12H13O.3C4H9.Sn/c1-2-6-12(13)10-9-11-7-4-3-5-8-11;3*1-3-4-2;/h1-5,7-10,12-13H,6H2;3*1,3-4H2,2H3;/b2-1?,10-9+;;;;/t12-;;;;/m0..../s1. The number of hydrogen-bond donors (Lipinski definition) is 1. The van der Waals surface area contributed by atoms with Gasteiger partial charge in [0.05, 0.1) is 0 Å². The fourth-order valence-corrected chi connectivity index (χ4v) is 18.0. The Morgan fingerprint density at radius 2 is 1.42 bits per heavy atom. The Labute approximate surface area is 166 Å². The minimum atomic E-state index is -2.18. The van der Waals surface area contributed by atoms with E-state index in [2.05, 4.69) is 43.1 Å². The molecule has 0 saturated heterocycles. The predicted octanol–water partition coefficient (Wildman–Crippen LogP) is 7.40. The van der Waals surface area contributed by atoms with E-state index >= 15 is 0 Å². The first kappa shape index (κ1) is 23.5. The Morgan fingerprint density at radius 1 is 0.885 bits per heavy atom. The van der Waals surface area contributed by atoms with Gasteiger partial charge in [0.25, 0.3) is 0 Å². The van der Waals surface area contributed by atoms with Crippen molar-refractivity contribution in [1.82, 2.24) is 0 Å². The van der Waals surface area contributed by atoms with E-state index in [0.29, 0.717) is 0 Å². The third kappa shape index (κ3) is 9.96. The van der Waals surface area contributed by atoms with E-state index < -0.39 is 18.4 Å². The van der Waals surface area contributed by atoms with Crippen LogP contribution < -0.4 is 0 Å². The molecule has 0 radical (unpaired) electrons. The molecule has 1 aromatic rings. The monoisotopic (exact) mass is 464 g/mol. The molecule has 1 atom stereocenters. The van der Waals surface area contributed by atoms with Crippen molar-refractivity contribution in [2.24, 2.45) is 0 Å². The van der Waals surface area contributed by atoms with Gasteiger partial charge in [0.15, 0.2) is 0 Å². The van der Waals surface area contributed by atoms with Crippen LogP contribution in [0.1, 0.15) is 71.3 Å². The van der Waals surface area contributed by atoms with Gasteiger partial charge in [0.2, 0.25) is 0 Å². The molecular formula is C24H40OSn. The molecule has 0 heterocycles. The van der Waals surface area contributed by atoms with E-state index in [1.807, 2.05) is 30.4 Å². The van der Waals surface area contributed by atoms with Crippen LogP contribution in [0.2, 0.25) is 13.3 Å². The van der Waals surface area contributed by atoms with Crippen LogP contribution in [0.25, 0.3) is 6.08 Å². The first-order valence-electron chi connectivity index (χ1n) is 10.7. The van der Waals surface area contributed by atoms with Crippen molar-refractivity contribution in [2.45, 2.75) is 85.1 Å². The van der Waals surface area contributed by atoms with Crippen LogP contribution in [0.5, 0.6) is 0 Å². The van der Waals surface area contributed by atoms with Crippen LogP contribution in [0.15, 0.2) is 46.6 Å². The van der Waals surface area contributed by atoms with Gasteiger partial charge in [-0.05, 0) is 0 Å². The number of benzene rings is 1. The molecule has 0 aliphatic heterocycles. The molecule has 0 saturated carbocycles. The number of rotatable bonds is 14. The second-order valence-electron chi connectivity index (χ2n) is 7.65. The summed E-state index contributed by atoms with van der Waals surface area (Å²) < 4.78 is 7.15. The van der Waals surface area contributed by atoms with Crippen LogP contribution in [-0.2, 0) is 0 Å². The molecule has 0 bridgehead atoms. The first-order chi connectivity index (χ1) is 12.7. The van der Waals surface area contributed by atoms with Gasteiger partial charge < -0.3 is 0 Å². The summed E-state index contributed by atoms with van der Waals surface area (Å²) in [6, 6.07) is 10.2. The van der Waals surface area contributed by atoms with E-state index in [1.54, 1.807) is 0 Å². The molecule has 1 N–H and O–H groups in total. The number of hydrogen-bond acceptors (Lipinski definition) is 1. The zero-order valence-corrected chi connectivity index (χ0v) is 20.1. The van der Waals surface area contributed by atoms with Crippen molar-refractivity contribution in [3.8, 4) is 0 Å². The van der Waals surface area contributed by atoms with Crippen molar-refractivity contribution in [1.29, 1.82) is 0 Å². The Morgan fingerprint density at radius 3 is 1.92 bits per heavy atom. The van der Waals surface area contributed by atoms with Gasteiger partial charge in [-0.3, -0.25) is 0 Å². The fourth-order valence-electron chi connectivity index (χ4n) is 3.53. The molecule has 26 heavy (non-hydrogen) atoms. The Hall–Kier alpha value is -0.541. The zero-order chi connectivity index (χ0) is 19.1. The van der Waals surface area contributed by atoms with Gasteiger partial charge in [-0.2, -0.15) is 0 Å². The Bertz CT molecular complexity index is 484. The summed E-state index contributed by atoms with van der Waals surface area (Å²) >= 11 is -2.18. The Kier molecular flexibility index (Phi) is 13.1. The van der Waals surface area contributed by atoms with Crippen molar-refractivity contribution < 1.29 is 5.11 Å². The van der Waals surface area contributed by atoms with E-state index in [0.717, 1.165) is 12.0 Å². The molecule has 0 fully saturated rings. The van der Waals surface area contributed by atoms with Crippen LogP contribution in [0.4, 0.5) is 0 Å². The van der Waals surface area contributed by atoms with E-state index in [4.69, 9.17) is 0 Å². The molecule has 146 valence electrons. The maximum atomic E-state index is 10.3. The van der Waals surface area contributed by atoms with Gasteiger partial charge >= 0.3 is 167 Å². The topological polar surface area (TPSA) is 20.2 Å². The molecule has 0 aliphatic rings. The van der Waals surface area contributed by atoms with Gasteiger partial charge in [0.1, 0.15) is 0 Å². The SMILES string of the molecule is CCC[CH2][Sn](/[CH]=C/C[C@H](O)/C=C/c1ccccc1)([CH2]CCC)[CH2]CCC. The summed E-state index contributed by atoms with van der Waals surface area (Å²) in [5.41, 5.74) is 1.15. The molecule has 2 heteroatoms. The van der Waals surface area contributed by atoms with Crippen molar-refractivity contribution in [3.63, 3.8) is 0 Å². The van der Waals surface area contributed by atoms with Gasteiger partial charge in [-0.15, -0.1) is 0 Å². The second-order valence-corrected chi connectivity index (χ2v) is 20.7. The second kappa shape index (κ2) is 14.5. The molecule has 0 unspecified atom stereocenters. The maximum absolute atomic E-state index is 10.3. The number of aliphatic hydroxyl groups excluding tert-OH is 1. The van der Waals surface area contributed by atoms with Crippen LogP contribution >= 0.6 is 0 Å². The third-order valence-corrected chi connectivity index (χ3v) is 19.5. The van der Waals surface area contributed by atoms with Gasteiger partial charge in [-0.1, -0.05) is 0 Å². The van der Waals surface area contributed by atoms with Gasteiger partial charge in [-0.25, -0.2) is 0 Å².